The molecule has 1 saturated heterocycles. The van der Waals surface area contributed by atoms with Gasteiger partial charge in [0.05, 0.1) is 24.3 Å². The molecular formula is C33H38N2O5. The molecule has 0 aliphatic carbocycles. The highest BCUT2D eigenvalue weighted by Gasteiger charge is 2.46. The molecule has 1 N–H and O–H groups in total. The Bertz CT molecular complexity index is 1390. The molecule has 4 rings (SSSR count). The molecule has 1 amide bonds. The fourth-order valence-electron chi connectivity index (χ4n) is 4.76. The van der Waals surface area contributed by atoms with Gasteiger partial charge in [-0.3, -0.25) is 9.59 Å². The van der Waals surface area contributed by atoms with Crippen LogP contribution < -0.4 is 9.47 Å². The largest absolute Gasteiger partial charge is 0.507 e. The third-order valence-electron chi connectivity index (χ3n) is 7.09. The molecule has 1 fully saturated rings. The fraction of sp³-hybridized carbons (Fsp3) is 0.333. The van der Waals surface area contributed by atoms with Gasteiger partial charge in [0.2, 0.25) is 0 Å². The molecule has 0 aromatic heterocycles. The van der Waals surface area contributed by atoms with Crippen molar-refractivity contribution in [3.8, 4) is 11.5 Å². The zero-order valence-corrected chi connectivity index (χ0v) is 24.1. The van der Waals surface area contributed by atoms with E-state index in [9.17, 15) is 14.7 Å². The number of hydrogen-bond donors (Lipinski definition) is 1. The number of aliphatic hydroxyl groups is 1. The molecule has 0 spiro atoms. The minimum absolute atomic E-state index is 0.0473. The van der Waals surface area contributed by atoms with Crippen LogP contribution in [-0.2, 0) is 21.6 Å². The van der Waals surface area contributed by atoms with Crippen LogP contribution in [0, 0.1) is 0 Å². The van der Waals surface area contributed by atoms with Crippen molar-refractivity contribution in [1.82, 2.24) is 9.80 Å². The Morgan fingerprint density at radius 3 is 2.25 bits per heavy atom. The van der Waals surface area contributed by atoms with Crippen molar-refractivity contribution in [2.75, 3.05) is 34.3 Å². The number of likely N-dealkylation sites (N-methyl/N-ethyl adjacent to an activating group) is 1. The summed E-state index contributed by atoms with van der Waals surface area (Å²) in [6.45, 7) is 7.52. The van der Waals surface area contributed by atoms with E-state index in [2.05, 4.69) is 20.8 Å². The van der Waals surface area contributed by atoms with Crippen LogP contribution in [0.15, 0.2) is 78.4 Å². The van der Waals surface area contributed by atoms with Crippen LogP contribution in [0.5, 0.6) is 11.5 Å². The van der Waals surface area contributed by atoms with E-state index in [1.54, 1.807) is 6.07 Å². The Kier molecular flexibility index (Phi) is 8.64. The molecule has 1 aliphatic rings. The average molecular weight is 543 g/mol. The summed E-state index contributed by atoms with van der Waals surface area (Å²) in [6, 6.07) is 22.0. The third-order valence-corrected chi connectivity index (χ3v) is 7.09. The van der Waals surface area contributed by atoms with Crippen molar-refractivity contribution in [3.05, 3.63) is 101 Å². The molecule has 1 heterocycles. The van der Waals surface area contributed by atoms with Gasteiger partial charge in [0.1, 0.15) is 23.9 Å². The number of hydrogen-bond acceptors (Lipinski definition) is 6. The average Bonchev–Trinajstić information content (AvgIpc) is 3.19. The number of carbonyl (C=O) groups is 2. The quantitative estimate of drug-likeness (QED) is 0.217. The van der Waals surface area contributed by atoms with Crippen LogP contribution in [-0.4, -0.2) is 60.9 Å². The summed E-state index contributed by atoms with van der Waals surface area (Å²) in [5.74, 6) is -0.508. The number of ketones is 1. The SMILES string of the molecule is COc1ccc(C(C)(C)C)cc1/C(O)=C1\C(=O)C(=O)N(CCN(C)C)C1c1ccc(OCc2ccccc2)cc1. The number of benzene rings is 3. The van der Waals surface area contributed by atoms with Gasteiger partial charge >= 0.3 is 0 Å². The van der Waals surface area contributed by atoms with E-state index in [1.165, 1.54) is 12.0 Å². The molecular weight excluding hydrogens is 504 g/mol. The number of aliphatic hydroxyl groups excluding tert-OH is 1. The number of nitrogens with zero attached hydrogens (tertiary/aromatic N) is 2. The first-order chi connectivity index (χ1) is 19.0. The van der Waals surface area contributed by atoms with Gasteiger partial charge in [-0.1, -0.05) is 69.3 Å². The van der Waals surface area contributed by atoms with E-state index in [0.717, 1.165) is 11.1 Å². The highest BCUT2D eigenvalue weighted by atomic mass is 16.5. The number of amides is 1. The van der Waals surface area contributed by atoms with Crippen molar-refractivity contribution in [2.24, 2.45) is 0 Å². The molecule has 0 saturated carbocycles. The Labute approximate surface area is 236 Å². The van der Waals surface area contributed by atoms with Crippen LogP contribution in [0.1, 0.15) is 49.1 Å². The second-order valence-electron chi connectivity index (χ2n) is 11.3. The molecule has 3 aromatic carbocycles. The summed E-state index contributed by atoms with van der Waals surface area (Å²) in [5.41, 5.74) is 2.95. The summed E-state index contributed by atoms with van der Waals surface area (Å²) in [7, 11) is 5.34. The molecule has 7 heteroatoms. The Balaban J connectivity index is 1.77. The third kappa shape index (κ3) is 6.20. The van der Waals surface area contributed by atoms with E-state index in [1.807, 2.05) is 85.7 Å². The van der Waals surface area contributed by atoms with E-state index in [0.29, 0.717) is 42.3 Å². The molecule has 1 aliphatic heterocycles. The number of rotatable bonds is 9. The van der Waals surface area contributed by atoms with Gasteiger partial charge in [-0.05, 0) is 60.5 Å². The lowest BCUT2D eigenvalue weighted by molar-refractivity contribution is -0.140. The zero-order valence-electron chi connectivity index (χ0n) is 24.1. The van der Waals surface area contributed by atoms with E-state index in [4.69, 9.17) is 9.47 Å². The molecule has 0 radical (unpaired) electrons. The first-order valence-electron chi connectivity index (χ1n) is 13.4. The van der Waals surface area contributed by atoms with Gasteiger partial charge in [0.15, 0.2) is 0 Å². The van der Waals surface area contributed by atoms with Crippen LogP contribution >= 0.6 is 0 Å². The van der Waals surface area contributed by atoms with Crippen molar-refractivity contribution in [2.45, 2.75) is 38.8 Å². The summed E-state index contributed by atoms with van der Waals surface area (Å²) >= 11 is 0. The minimum atomic E-state index is -0.758. The first-order valence-corrected chi connectivity index (χ1v) is 13.4. The second-order valence-corrected chi connectivity index (χ2v) is 11.3. The van der Waals surface area contributed by atoms with Gasteiger partial charge in [-0.2, -0.15) is 0 Å². The fourth-order valence-corrected chi connectivity index (χ4v) is 4.76. The van der Waals surface area contributed by atoms with Crippen molar-refractivity contribution < 1.29 is 24.2 Å². The van der Waals surface area contributed by atoms with Crippen LogP contribution in [0.25, 0.3) is 5.76 Å². The summed E-state index contributed by atoms with van der Waals surface area (Å²) < 4.78 is 11.5. The maximum atomic E-state index is 13.5. The topological polar surface area (TPSA) is 79.3 Å². The number of Topliss-reactive ketones (excluding diaryl/α,β-unsaturated/α-hetero) is 1. The van der Waals surface area contributed by atoms with E-state index < -0.39 is 17.7 Å². The lowest BCUT2D eigenvalue weighted by atomic mass is 9.85. The van der Waals surface area contributed by atoms with Crippen molar-refractivity contribution >= 4 is 17.4 Å². The zero-order chi connectivity index (χ0) is 29.0. The molecule has 1 atom stereocenters. The standard InChI is InChI=1S/C33H38N2O5/c1-33(2,3)24-14-17-27(39-6)26(20-24)30(36)28-29(35(19-18-34(4)5)32(38)31(28)37)23-12-15-25(16-13-23)40-21-22-10-8-7-9-11-22/h7-17,20,29,36H,18-19,21H2,1-6H3/b30-28+. The second kappa shape index (κ2) is 12.0. The number of ether oxygens (including phenoxy) is 2. The first kappa shape index (κ1) is 28.9. The summed E-state index contributed by atoms with van der Waals surface area (Å²) in [6.07, 6.45) is 0. The molecule has 3 aromatic rings. The van der Waals surface area contributed by atoms with Crippen LogP contribution in [0.4, 0.5) is 0 Å². The molecule has 1 unspecified atom stereocenters. The smallest absolute Gasteiger partial charge is 0.295 e. The van der Waals surface area contributed by atoms with Crippen molar-refractivity contribution in [1.29, 1.82) is 0 Å². The molecule has 40 heavy (non-hydrogen) atoms. The van der Waals surface area contributed by atoms with Gasteiger partial charge < -0.3 is 24.4 Å². The van der Waals surface area contributed by atoms with E-state index >= 15 is 0 Å². The van der Waals surface area contributed by atoms with Crippen LogP contribution in [0.2, 0.25) is 0 Å². The highest BCUT2D eigenvalue weighted by Crippen LogP contribution is 2.42. The van der Waals surface area contributed by atoms with E-state index in [-0.39, 0.29) is 16.7 Å². The lowest BCUT2D eigenvalue weighted by Crippen LogP contribution is -2.35. The Morgan fingerprint density at radius 2 is 1.65 bits per heavy atom. The molecule has 7 nitrogen and oxygen atoms in total. The Morgan fingerprint density at radius 1 is 0.975 bits per heavy atom. The minimum Gasteiger partial charge on any atom is -0.507 e. The van der Waals surface area contributed by atoms with Gasteiger partial charge in [0.25, 0.3) is 11.7 Å². The lowest BCUT2D eigenvalue weighted by Gasteiger charge is -2.27. The number of methoxy groups -OCH3 is 1. The monoisotopic (exact) mass is 542 g/mol. The highest BCUT2D eigenvalue weighted by molar-refractivity contribution is 6.46. The van der Waals surface area contributed by atoms with Gasteiger partial charge in [0, 0.05) is 13.1 Å². The summed E-state index contributed by atoms with van der Waals surface area (Å²) in [4.78, 5) is 30.3. The molecule has 0 bridgehead atoms. The predicted octanol–water partition coefficient (Wildman–Crippen LogP) is 5.56. The van der Waals surface area contributed by atoms with Crippen LogP contribution in [0.3, 0.4) is 0 Å². The predicted molar refractivity (Wildman–Crippen MR) is 156 cm³/mol. The number of carbonyl (C=O) groups excluding carboxylic acids is 2. The Hall–Kier alpha value is -4.10. The van der Waals surface area contributed by atoms with Gasteiger partial charge in [-0.25, -0.2) is 0 Å². The van der Waals surface area contributed by atoms with Gasteiger partial charge in [-0.15, -0.1) is 0 Å². The summed E-state index contributed by atoms with van der Waals surface area (Å²) in [5, 5.41) is 11.7. The normalized spacial score (nSPS) is 17.0. The maximum Gasteiger partial charge on any atom is 0.295 e. The number of likely N-dealkylation sites (tertiary alicyclic amines) is 1. The van der Waals surface area contributed by atoms with Crippen molar-refractivity contribution in [3.63, 3.8) is 0 Å². The molecule has 210 valence electrons. The maximum absolute atomic E-state index is 13.5.